The van der Waals surface area contributed by atoms with Crippen LogP contribution in [0.15, 0.2) is 18.2 Å². The lowest BCUT2D eigenvalue weighted by atomic mass is 9.80. The van der Waals surface area contributed by atoms with Crippen molar-refractivity contribution >= 4 is 17.3 Å². The molecule has 1 aliphatic carbocycles. The van der Waals surface area contributed by atoms with Crippen molar-refractivity contribution in [3.63, 3.8) is 0 Å². The van der Waals surface area contributed by atoms with Crippen molar-refractivity contribution in [1.29, 1.82) is 0 Å². The van der Waals surface area contributed by atoms with Gasteiger partial charge < -0.3 is 20.5 Å². The van der Waals surface area contributed by atoms with Gasteiger partial charge in [-0.15, -0.1) is 0 Å². The molecule has 2 rings (SSSR count). The minimum absolute atomic E-state index is 0.0227. The van der Waals surface area contributed by atoms with Crippen molar-refractivity contribution < 1.29 is 14.3 Å². The molecular formula is C15H22N2O3. The first-order valence-electron chi connectivity index (χ1n) is 6.97. The van der Waals surface area contributed by atoms with Gasteiger partial charge in [0, 0.05) is 18.7 Å². The van der Waals surface area contributed by atoms with E-state index in [4.69, 9.17) is 15.2 Å². The second-order valence-electron chi connectivity index (χ2n) is 5.12. The van der Waals surface area contributed by atoms with E-state index in [9.17, 15) is 4.79 Å². The van der Waals surface area contributed by atoms with Gasteiger partial charge in [-0.3, -0.25) is 4.79 Å². The predicted molar refractivity (Wildman–Crippen MR) is 78.8 cm³/mol. The summed E-state index contributed by atoms with van der Waals surface area (Å²) in [5, 5.41) is 2.86. The van der Waals surface area contributed by atoms with Crippen LogP contribution in [0, 0.1) is 5.92 Å². The molecular weight excluding hydrogens is 256 g/mol. The van der Waals surface area contributed by atoms with Crippen molar-refractivity contribution in [3.05, 3.63) is 18.2 Å². The molecule has 0 radical (unpaired) electrons. The minimum Gasteiger partial charge on any atom is -0.495 e. The van der Waals surface area contributed by atoms with Crippen molar-refractivity contribution in [2.24, 2.45) is 5.92 Å². The molecule has 1 fully saturated rings. The highest BCUT2D eigenvalue weighted by Gasteiger charge is 2.31. The van der Waals surface area contributed by atoms with Gasteiger partial charge in [0.05, 0.1) is 18.9 Å². The molecule has 0 bridgehead atoms. The zero-order valence-electron chi connectivity index (χ0n) is 12.0. The lowest BCUT2D eigenvalue weighted by Crippen LogP contribution is -2.33. The Balaban J connectivity index is 1.79. The van der Waals surface area contributed by atoms with Gasteiger partial charge in [-0.2, -0.15) is 0 Å². The Bertz CT molecular complexity index is 470. The molecule has 0 saturated heterocycles. The molecule has 20 heavy (non-hydrogen) atoms. The van der Waals surface area contributed by atoms with Gasteiger partial charge in [-0.05, 0) is 43.9 Å². The molecule has 0 spiro atoms. The number of hydrogen-bond donors (Lipinski definition) is 2. The monoisotopic (exact) mass is 278 g/mol. The summed E-state index contributed by atoms with van der Waals surface area (Å²) < 4.78 is 10.6. The van der Waals surface area contributed by atoms with Crippen molar-refractivity contribution in [2.75, 3.05) is 24.8 Å². The number of amides is 1. The summed E-state index contributed by atoms with van der Waals surface area (Å²) in [4.78, 5) is 11.9. The highest BCUT2D eigenvalue weighted by molar-refractivity contribution is 5.91. The van der Waals surface area contributed by atoms with Crippen LogP contribution in [0.25, 0.3) is 0 Å². The maximum Gasteiger partial charge on any atom is 0.224 e. The molecule has 0 unspecified atom stereocenters. The van der Waals surface area contributed by atoms with Crippen LogP contribution < -0.4 is 15.8 Å². The second-order valence-corrected chi connectivity index (χ2v) is 5.12. The zero-order chi connectivity index (χ0) is 14.5. The molecule has 1 aromatic rings. The van der Waals surface area contributed by atoms with Gasteiger partial charge in [-0.1, -0.05) is 0 Å². The third-order valence-electron chi connectivity index (χ3n) is 3.58. The summed E-state index contributed by atoms with van der Waals surface area (Å²) in [6.45, 7) is 2.74. The maximum absolute atomic E-state index is 11.9. The quantitative estimate of drug-likeness (QED) is 0.784. The fraction of sp³-hybridized carbons (Fsp3) is 0.533. The lowest BCUT2D eigenvalue weighted by molar-refractivity contribution is -0.119. The van der Waals surface area contributed by atoms with E-state index in [1.807, 2.05) is 6.92 Å². The standard InChI is InChI=1S/C15H22N2O3/c1-3-20-12-6-10(7-12)8-15(18)17-11-4-5-14(19-2)13(16)9-11/h4-5,9-10,12H,3,6-8,16H2,1-2H3,(H,17,18). The van der Waals surface area contributed by atoms with Crippen LogP contribution in [0.1, 0.15) is 26.2 Å². The zero-order valence-corrected chi connectivity index (χ0v) is 12.0. The summed E-state index contributed by atoms with van der Waals surface area (Å²) in [7, 11) is 1.56. The number of hydrogen-bond acceptors (Lipinski definition) is 4. The van der Waals surface area contributed by atoms with Crippen LogP contribution >= 0.6 is 0 Å². The van der Waals surface area contributed by atoms with E-state index in [2.05, 4.69) is 5.32 Å². The molecule has 1 aromatic carbocycles. The van der Waals surface area contributed by atoms with Gasteiger partial charge in [0.25, 0.3) is 0 Å². The average molecular weight is 278 g/mol. The number of nitrogens with one attached hydrogen (secondary N) is 1. The van der Waals surface area contributed by atoms with Crippen LogP contribution in [0.2, 0.25) is 0 Å². The molecule has 0 aliphatic heterocycles. The fourth-order valence-electron chi connectivity index (χ4n) is 2.50. The number of ether oxygens (including phenoxy) is 2. The number of nitrogen functional groups attached to an aromatic ring is 1. The lowest BCUT2D eigenvalue weighted by Gasteiger charge is -2.34. The first kappa shape index (κ1) is 14.7. The number of benzene rings is 1. The highest BCUT2D eigenvalue weighted by Crippen LogP contribution is 2.33. The van der Waals surface area contributed by atoms with E-state index in [1.165, 1.54) is 0 Å². The van der Waals surface area contributed by atoms with Crippen LogP contribution in [0.4, 0.5) is 11.4 Å². The third-order valence-corrected chi connectivity index (χ3v) is 3.58. The van der Waals surface area contributed by atoms with Crippen molar-refractivity contribution in [3.8, 4) is 5.75 Å². The third kappa shape index (κ3) is 3.63. The van der Waals surface area contributed by atoms with Gasteiger partial charge in [0.1, 0.15) is 5.75 Å². The molecule has 1 saturated carbocycles. The van der Waals surface area contributed by atoms with E-state index in [0.29, 0.717) is 35.6 Å². The van der Waals surface area contributed by atoms with Crippen LogP contribution in [0.3, 0.4) is 0 Å². The van der Waals surface area contributed by atoms with Crippen LogP contribution in [-0.2, 0) is 9.53 Å². The largest absolute Gasteiger partial charge is 0.495 e. The summed E-state index contributed by atoms with van der Waals surface area (Å²) in [6.07, 6.45) is 2.84. The maximum atomic E-state index is 11.9. The molecule has 3 N–H and O–H groups in total. The topological polar surface area (TPSA) is 73.6 Å². The summed E-state index contributed by atoms with van der Waals surface area (Å²) in [5.41, 5.74) is 7.03. The Morgan fingerprint density at radius 1 is 1.45 bits per heavy atom. The van der Waals surface area contributed by atoms with Gasteiger partial charge in [0.15, 0.2) is 0 Å². The molecule has 0 atom stereocenters. The van der Waals surface area contributed by atoms with Gasteiger partial charge >= 0.3 is 0 Å². The molecule has 110 valence electrons. The van der Waals surface area contributed by atoms with Gasteiger partial charge in [0.2, 0.25) is 5.91 Å². The SMILES string of the molecule is CCOC1CC(CC(=O)Nc2ccc(OC)c(N)c2)C1. The average Bonchev–Trinajstić information content (AvgIpc) is 2.36. The molecule has 1 aliphatic rings. The molecule has 5 heteroatoms. The smallest absolute Gasteiger partial charge is 0.224 e. The first-order chi connectivity index (χ1) is 9.62. The Hall–Kier alpha value is -1.75. The Kier molecular flexibility index (Phi) is 4.84. The van der Waals surface area contributed by atoms with Crippen molar-refractivity contribution in [1.82, 2.24) is 0 Å². The van der Waals surface area contributed by atoms with E-state index in [1.54, 1.807) is 25.3 Å². The molecule has 5 nitrogen and oxygen atoms in total. The first-order valence-corrected chi connectivity index (χ1v) is 6.97. The predicted octanol–water partition coefficient (Wildman–Crippen LogP) is 2.42. The summed E-state index contributed by atoms with van der Waals surface area (Å²) in [5.74, 6) is 1.07. The summed E-state index contributed by atoms with van der Waals surface area (Å²) in [6, 6.07) is 5.25. The van der Waals surface area contributed by atoms with E-state index in [-0.39, 0.29) is 5.91 Å². The normalized spacial score (nSPS) is 21.1. The number of methoxy groups -OCH3 is 1. The van der Waals surface area contributed by atoms with Crippen LogP contribution in [0.5, 0.6) is 5.75 Å². The van der Waals surface area contributed by atoms with Crippen LogP contribution in [-0.4, -0.2) is 25.7 Å². The van der Waals surface area contributed by atoms with E-state index < -0.39 is 0 Å². The summed E-state index contributed by atoms with van der Waals surface area (Å²) >= 11 is 0. The number of anilines is 2. The number of nitrogens with two attached hydrogens (primary N) is 1. The number of rotatable bonds is 6. The van der Waals surface area contributed by atoms with Gasteiger partial charge in [-0.25, -0.2) is 0 Å². The highest BCUT2D eigenvalue weighted by atomic mass is 16.5. The molecule has 1 amide bonds. The molecule has 0 heterocycles. The Morgan fingerprint density at radius 3 is 2.80 bits per heavy atom. The van der Waals surface area contributed by atoms with E-state index >= 15 is 0 Å². The number of carbonyl (C=O) groups is 1. The fourth-order valence-corrected chi connectivity index (χ4v) is 2.50. The number of carbonyl (C=O) groups excluding carboxylic acids is 1. The minimum atomic E-state index is 0.0227. The second kappa shape index (κ2) is 6.61. The molecule has 0 aromatic heterocycles. The van der Waals surface area contributed by atoms with E-state index in [0.717, 1.165) is 19.4 Å². The Labute approximate surface area is 119 Å². The Morgan fingerprint density at radius 2 is 2.20 bits per heavy atom. The van der Waals surface area contributed by atoms with Crippen molar-refractivity contribution in [2.45, 2.75) is 32.3 Å².